The minimum atomic E-state index is -3.20. The number of sulfonamides is 1. The van der Waals surface area contributed by atoms with E-state index >= 15 is 0 Å². The predicted octanol–water partition coefficient (Wildman–Crippen LogP) is -1.48. The zero-order valence-electron chi connectivity index (χ0n) is 10.1. The number of hydrogen-bond acceptors (Lipinski definition) is 5. The molecule has 17 heavy (non-hydrogen) atoms. The molecule has 0 amide bonds. The molecule has 8 heteroatoms. The predicted molar refractivity (Wildman–Crippen MR) is 65.6 cm³/mol. The van der Waals surface area contributed by atoms with Gasteiger partial charge < -0.3 is 10.5 Å². The molecule has 0 aliphatic carbocycles. The average molecular weight is 264 g/mol. The van der Waals surface area contributed by atoms with Crippen molar-refractivity contribution < 1.29 is 13.2 Å². The summed E-state index contributed by atoms with van der Waals surface area (Å²) >= 11 is 0. The molecular formula is C9H20N4O3S. The van der Waals surface area contributed by atoms with Crippen LogP contribution in [0.5, 0.6) is 0 Å². The minimum absolute atomic E-state index is 0.0240. The van der Waals surface area contributed by atoms with E-state index in [0.717, 1.165) is 0 Å². The highest BCUT2D eigenvalue weighted by Crippen LogP contribution is 2.07. The van der Waals surface area contributed by atoms with Gasteiger partial charge in [-0.2, -0.15) is 4.31 Å². The summed E-state index contributed by atoms with van der Waals surface area (Å²) in [6.45, 7) is 2.78. The van der Waals surface area contributed by atoms with Crippen molar-refractivity contribution in [1.82, 2.24) is 9.21 Å². The number of nitrogens with zero attached hydrogens (tertiary/aromatic N) is 2. The molecule has 0 aromatic rings. The van der Waals surface area contributed by atoms with Crippen LogP contribution in [0.25, 0.3) is 0 Å². The van der Waals surface area contributed by atoms with E-state index in [-0.39, 0.29) is 18.2 Å². The molecule has 0 bridgehead atoms. The summed E-state index contributed by atoms with van der Waals surface area (Å²) in [6.07, 6.45) is 0. The van der Waals surface area contributed by atoms with Crippen molar-refractivity contribution in [2.45, 2.75) is 0 Å². The Labute approximate surface area is 102 Å². The summed E-state index contributed by atoms with van der Waals surface area (Å²) in [5, 5.41) is 7.18. The van der Waals surface area contributed by atoms with Gasteiger partial charge in [0.15, 0.2) is 0 Å². The topological polar surface area (TPSA) is 99.7 Å². The maximum atomic E-state index is 11.8. The number of amidine groups is 1. The van der Waals surface area contributed by atoms with Gasteiger partial charge in [-0.25, -0.2) is 8.42 Å². The number of rotatable bonds is 6. The van der Waals surface area contributed by atoms with E-state index in [1.807, 2.05) is 4.90 Å². The average Bonchev–Trinajstić information content (AvgIpc) is 2.26. The van der Waals surface area contributed by atoms with Crippen LogP contribution in [0.2, 0.25) is 0 Å². The van der Waals surface area contributed by atoms with Gasteiger partial charge in [0.2, 0.25) is 10.0 Å². The van der Waals surface area contributed by atoms with E-state index < -0.39 is 10.0 Å². The van der Waals surface area contributed by atoms with Gasteiger partial charge in [-0.1, -0.05) is 0 Å². The molecule has 1 fully saturated rings. The molecule has 0 radical (unpaired) electrons. The molecule has 0 atom stereocenters. The maximum absolute atomic E-state index is 11.8. The molecule has 0 aromatic heterocycles. The Bertz CT molecular complexity index is 349. The van der Waals surface area contributed by atoms with Gasteiger partial charge in [0.1, 0.15) is 5.84 Å². The van der Waals surface area contributed by atoms with E-state index in [1.165, 1.54) is 11.4 Å². The first-order valence-electron chi connectivity index (χ1n) is 5.47. The molecular weight excluding hydrogens is 244 g/mol. The van der Waals surface area contributed by atoms with Gasteiger partial charge in [-0.15, -0.1) is 0 Å². The third kappa shape index (κ3) is 4.58. The van der Waals surface area contributed by atoms with Crippen molar-refractivity contribution in [3.05, 3.63) is 0 Å². The zero-order chi connectivity index (χ0) is 12.9. The number of ether oxygens (including phenoxy) is 1. The number of nitrogens with two attached hydrogens (primary N) is 1. The summed E-state index contributed by atoms with van der Waals surface area (Å²) in [5.74, 6) is 0.136. The summed E-state index contributed by atoms with van der Waals surface area (Å²) in [4.78, 5) is 1.98. The van der Waals surface area contributed by atoms with E-state index in [9.17, 15) is 8.42 Å². The third-order valence-electron chi connectivity index (χ3n) is 2.66. The first-order chi connectivity index (χ1) is 7.95. The largest absolute Gasteiger partial charge is 0.387 e. The molecule has 1 rings (SSSR count). The summed E-state index contributed by atoms with van der Waals surface area (Å²) in [5.41, 5.74) is 5.30. The molecule has 7 nitrogen and oxygen atoms in total. The van der Waals surface area contributed by atoms with Crippen LogP contribution in [-0.4, -0.2) is 75.7 Å². The molecule has 1 aliphatic heterocycles. The quantitative estimate of drug-likeness (QED) is 0.450. The van der Waals surface area contributed by atoms with Crippen molar-refractivity contribution in [2.75, 3.05) is 52.2 Å². The molecule has 3 N–H and O–H groups in total. The lowest BCUT2D eigenvalue weighted by Gasteiger charge is -2.33. The fraction of sp³-hybridized carbons (Fsp3) is 0.889. The molecule has 1 saturated heterocycles. The molecule has 0 unspecified atom stereocenters. The van der Waals surface area contributed by atoms with Crippen LogP contribution in [-0.2, 0) is 14.8 Å². The van der Waals surface area contributed by atoms with E-state index in [0.29, 0.717) is 32.7 Å². The molecule has 0 aromatic carbocycles. The molecule has 1 heterocycles. The minimum Gasteiger partial charge on any atom is -0.387 e. The number of nitrogens with one attached hydrogen (secondary N) is 1. The number of hydrogen-bond donors (Lipinski definition) is 2. The van der Waals surface area contributed by atoms with Crippen LogP contribution in [0.3, 0.4) is 0 Å². The third-order valence-corrected chi connectivity index (χ3v) is 4.50. The normalized spacial score (nSPS) is 19.4. The molecule has 0 saturated carbocycles. The van der Waals surface area contributed by atoms with Crippen LogP contribution < -0.4 is 5.73 Å². The first-order valence-corrected chi connectivity index (χ1v) is 7.08. The smallest absolute Gasteiger partial charge is 0.216 e. The Hall–Kier alpha value is -0.700. The standard InChI is InChI=1S/C9H20N4O3S/c1-16-6-7-17(14,15)13-4-2-12(3-5-13)8-9(10)11/h2-8H2,1H3,(H3,10,11). The van der Waals surface area contributed by atoms with Crippen molar-refractivity contribution in [3.8, 4) is 0 Å². The highest BCUT2D eigenvalue weighted by molar-refractivity contribution is 7.89. The van der Waals surface area contributed by atoms with Crippen molar-refractivity contribution in [2.24, 2.45) is 5.73 Å². The number of methoxy groups -OCH3 is 1. The van der Waals surface area contributed by atoms with Crippen molar-refractivity contribution in [3.63, 3.8) is 0 Å². The Morgan fingerprint density at radius 3 is 2.41 bits per heavy atom. The second-order valence-corrected chi connectivity index (χ2v) is 6.10. The summed E-state index contributed by atoms with van der Waals surface area (Å²) < 4.78 is 29.9. The Kier molecular flexibility index (Phi) is 5.31. The monoisotopic (exact) mass is 264 g/mol. The Morgan fingerprint density at radius 1 is 1.35 bits per heavy atom. The zero-order valence-corrected chi connectivity index (χ0v) is 10.9. The van der Waals surface area contributed by atoms with E-state index in [4.69, 9.17) is 15.9 Å². The Balaban J connectivity index is 2.43. The van der Waals surface area contributed by atoms with Gasteiger partial charge >= 0.3 is 0 Å². The van der Waals surface area contributed by atoms with Crippen LogP contribution in [0, 0.1) is 5.41 Å². The SMILES string of the molecule is COCCS(=O)(=O)N1CCN(CC(=N)N)CC1. The van der Waals surface area contributed by atoms with Gasteiger partial charge in [-0.3, -0.25) is 10.3 Å². The van der Waals surface area contributed by atoms with Crippen LogP contribution in [0.1, 0.15) is 0 Å². The molecule has 100 valence electrons. The fourth-order valence-corrected chi connectivity index (χ4v) is 3.08. The summed E-state index contributed by atoms with van der Waals surface area (Å²) in [7, 11) is -1.71. The van der Waals surface area contributed by atoms with Crippen LogP contribution in [0.15, 0.2) is 0 Å². The number of piperazine rings is 1. The lowest BCUT2D eigenvalue weighted by atomic mass is 10.3. The molecule has 1 aliphatic rings. The van der Waals surface area contributed by atoms with E-state index in [1.54, 1.807) is 0 Å². The Morgan fingerprint density at radius 2 is 1.94 bits per heavy atom. The summed E-state index contributed by atoms with van der Waals surface area (Å²) in [6, 6.07) is 0. The maximum Gasteiger partial charge on any atom is 0.216 e. The fourth-order valence-electron chi connectivity index (χ4n) is 1.72. The second-order valence-electron chi connectivity index (χ2n) is 4.01. The highest BCUT2D eigenvalue weighted by Gasteiger charge is 2.26. The van der Waals surface area contributed by atoms with Gasteiger partial charge in [-0.05, 0) is 0 Å². The van der Waals surface area contributed by atoms with Crippen LogP contribution in [0.4, 0.5) is 0 Å². The van der Waals surface area contributed by atoms with Gasteiger partial charge in [0.25, 0.3) is 0 Å². The van der Waals surface area contributed by atoms with Crippen molar-refractivity contribution >= 4 is 15.9 Å². The van der Waals surface area contributed by atoms with Gasteiger partial charge in [0.05, 0.1) is 18.9 Å². The van der Waals surface area contributed by atoms with Gasteiger partial charge in [0, 0.05) is 33.3 Å². The second kappa shape index (κ2) is 6.29. The van der Waals surface area contributed by atoms with Crippen LogP contribution >= 0.6 is 0 Å². The van der Waals surface area contributed by atoms with E-state index in [2.05, 4.69) is 0 Å². The lowest BCUT2D eigenvalue weighted by molar-refractivity contribution is 0.200. The van der Waals surface area contributed by atoms with Crippen molar-refractivity contribution in [1.29, 1.82) is 5.41 Å². The lowest BCUT2D eigenvalue weighted by Crippen LogP contribution is -2.51. The molecule has 0 spiro atoms. The highest BCUT2D eigenvalue weighted by atomic mass is 32.2. The first kappa shape index (κ1) is 14.4.